The summed E-state index contributed by atoms with van der Waals surface area (Å²) in [6, 6.07) is 5.86. The first-order valence-electron chi connectivity index (χ1n) is 9.17. The monoisotopic (exact) mass is 391 g/mol. The predicted molar refractivity (Wildman–Crippen MR) is 108 cm³/mol. The zero-order valence-electron chi connectivity index (χ0n) is 15.6. The fraction of sp³-hybridized carbons (Fsp3) is 0.474. The summed E-state index contributed by atoms with van der Waals surface area (Å²) >= 11 is 6.28. The van der Waals surface area contributed by atoms with Gasteiger partial charge in [0.1, 0.15) is 5.76 Å². The number of rotatable bonds is 7. The van der Waals surface area contributed by atoms with Crippen LogP contribution in [0, 0.1) is 0 Å². The molecule has 8 heteroatoms. The van der Waals surface area contributed by atoms with Gasteiger partial charge in [0.25, 0.3) is 0 Å². The number of aliphatic imine (C=N–C) groups is 1. The number of piperazine rings is 1. The predicted octanol–water partition coefficient (Wildman–Crippen LogP) is 2.28. The van der Waals surface area contributed by atoms with Crippen LogP contribution in [0.3, 0.4) is 0 Å². The number of nitrogens with one attached hydrogen (secondary N) is 1. The van der Waals surface area contributed by atoms with Crippen molar-refractivity contribution in [3.63, 3.8) is 0 Å². The molecule has 1 fully saturated rings. The number of ether oxygens (including phenoxy) is 1. The first kappa shape index (κ1) is 19.5. The molecule has 0 amide bonds. The Morgan fingerprint density at radius 1 is 1.33 bits per heavy atom. The number of anilines is 1. The van der Waals surface area contributed by atoms with E-state index in [1.54, 1.807) is 25.8 Å². The Bertz CT molecular complexity index is 715. The lowest BCUT2D eigenvalue weighted by molar-refractivity contribution is 0.207. The number of nitrogens with zero attached hydrogens (tertiary/aromatic N) is 4. The minimum atomic E-state index is 0.607. The summed E-state index contributed by atoms with van der Waals surface area (Å²) in [7, 11) is 1.69. The van der Waals surface area contributed by atoms with Crippen molar-refractivity contribution >= 4 is 23.2 Å². The van der Waals surface area contributed by atoms with E-state index in [1.165, 1.54) is 0 Å². The van der Waals surface area contributed by atoms with E-state index in [2.05, 4.69) is 20.1 Å². The highest BCUT2D eigenvalue weighted by atomic mass is 35.5. The average Bonchev–Trinajstić information content (AvgIpc) is 3.21. The Balaban J connectivity index is 1.56. The van der Waals surface area contributed by atoms with Crippen molar-refractivity contribution in [1.29, 1.82) is 0 Å². The molecule has 27 heavy (non-hydrogen) atoms. The molecule has 1 aliphatic rings. The molecule has 0 radical (unpaired) electrons. The quantitative estimate of drug-likeness (QED) is 0.444. The highest BCUT2D eigenvalue weighted by molar-refractivity contribution is 6.33. The minimum Gasteiger partial charge on any atom is -0.469 e. The SMILES string of the molecule is COCCN=C(NCCc1ccco1)N1CCN(c2ccncc2Cl)CC1. The number of methoxy groups -OCH3 is 1. The highest BCUT2D eigenvalue weighted by Gasteiger charge is 2.21. The molecule has 1 saturated heterocycles. The van der Waals surface area contributed by atoms with Crippen LogP contribution in [0.1, 0.15) is 5.76 Å². The number of guanidine groups is 1. The van der Waals surface area contributed by atoms with Crippen LogP contribution in [0.15, 0.2) is 46.3 Å². The molecule has 7 nitrogen and oxygen atoms in total. The van der Waals surface area contributed by atoms with Gasteiger partial charge in [-0.1, -0.05) is 11.6 Å². The standard InChI is InChI=1S/C19H26ClN5O2/c1-26-14-8-23-19(22-7-4-16-3-2-13-27-16)25-11-9-24(10-12-25)18-5-6-21-15-17(18)20/h2-3,5-6,13,15H,4,7-12,14H2,1H3,(H,22,23). The van der Waals surface area contributed by atoms with E-state index >= 15 is 0 Å². The second kappa shape index (κ2) is 10.2. The normalized spacial score (nSPS) is 15.3. The van der Waals surface area contributed by atoms with E-state index in [0.29, 0.717) is 18.2 Å². The van der Waals surface area contributed by atoms with Crippen LogP contribution in [-0.4, -0.2) is 68.8 Å². The van der Waals surface area contributed by atoms with Crippen LogP contribution in [0.25, 0.3) is 0 Å². The van der Waals surface area contributed by atoms with Gasteiger partial charge < -0.3 is 24.3 Å². The van der Waals surface area contributed by atoms with Crippen LogP contribution >= 0.6 is 11.6 Å². The van der Waals surface area contributed by atoms with Crippen LogP contribution in [-0.2, 0) is 11.2 Å². The van der Waals surface area contributed by atoms with E-state index in [9.17, 15) is 0 Å². The fourth-order valence-electron chi connectivity index (χ4n) is 3.05. The van der Waals surface area contributed by atoms with Gasteiger partial charge in [-0.3, -0.25) is 9.98 Å². The van der Waals surface area contributed by atoms with E-state index in [4.69, 9.17) is 25.7 Å². The van der Waals surface area contributed by atoms with Crippen molar-refractivity contribution < 1.29 is 9.15 Å². The third-order valence-electron chi connectivity index (χ3n) is 4.46. The van der Waals surface area contributed by atoms with E-state index in [0.717, 1.165) is 56.6 Å². The highest BCUT2D eigenvalue weighted by Crippen LogP contribution is 2.25. The molecule has 3 heterocycles. The molecule has 1 aliphatic heterocycles. The maximum absolute atomic E-state index is 6.28. The summed E-state index contributed by atoms with van der Waals surface area (Å²) < 4.78 is 10.5. The van der Waals surface area contributed by atoms with Gasteiger partial charge in [-0.25, -0.2) is 0 Å². The van der Waals surface area contributed by atoms with Gasteiger partial charge in [0.15, 0.2) is 5.96 Å². The number of pyridine rings is 1. The number of halogens is 1. The Labute approximate surface area is 165 Å². The Hall–Kier alpha value is -2.25. The summed E-state index contributed by atoms with van der Waals surface area (Å²) in [4.78, 5) is 13.3. The smallest absolute Gasteiger partial charge is 0.194 e. The van der Waals surface area contributed by atoms with Gasteiger partial charge in [-0.05, 0) is 18.2 Å². The largest absolute Gasteiger partial charge is 0.469 e. The molecular formula is C19H26ClN5O2. The van der Waals surface area contributed by atoms with Crippen molar-refractivity contribution in [2.75, 3.05) is 57.9 Å². The molecule has 1 N–H and O–H groups in total. The summed E-state index contributed by atoms with van der Waals surface area (Å²) in [5, 5.41) is 4.15. The lowest BCUT2D eigenvalue weighted by atomic mass is 10.2. The van der Waals surface area contributed by atoms with Crippen molar-refractivity contribution in [3.8, 4) is 0 Å². The van der Waals surface area contributed by atoms with E-state index in [1.807, 2.05) is 18.2 Å². The van der Waals surface area contributed by atoms with E-state index in [-0.39, 0.29) is 0 Å². The molecule has 0 spiro atoms. The molecule has 2 aromatic heterocycles. The van der Waals surface area contributed by atoms with Gasteiger partial charge in [0.2, 0.25) is 0 Å². The second-order valence-corrected chi connectivity index (χ2v) is 6.66. The van der Waals surface area contributed by atoms with Crippen molar-refractivity contribution in [2.45, 2.75) is 6.42 Å². The lowest BCUT2D eigenvalue weighted by Gasteiger charge is -2.38. The Morgan fingerprint density at radius 2 is 2.19 bits per heavy atom. The second-order valence-electron chi connectivity index (χ2n) is 6.26. The van der Waals surface area contributed by atoms with E-state index < -0.39 is 0 Å². The maximum atomic E-state index is 6.28. The lowest BCUT2D eigenvalue weighted by Crippen LogP contribution is -2.53. The minimum absolute atomic E-state index is 0.607. The summed E-state index contributed by atoms with van der Waals surface area (Å²) in [6.45, 7) is 5.53. The van der Waals surface area contributed by atoms with Crippen LogP contribution in [0.2, 0.25) is 5.02 Å². The molecule has 0 bridgehead atoms. The van der Waals surface area contributed by atoms with Crippen molar-refractivity contribution in [3.05, 3.63) is 47.6 Å². The number of hydrogen-bond donors (Lipinski definition) is 1. The number of hydrogen-bond acceptors (Lipinski definition) is 5. The zero-order chi connectivity index (χ0) is 18.9. The molecule has 146 valence electrons. The summed E-state index contributed by atoms with van der Waals surface area (Å²) in [5.74, 6) is 1.88. The molecular weight excluding hydrogens is 366 g/mol. The fourth-order valence-corrected chi connectivity index (χ4v) is 3.29. The van der Waals surface area contributed by atoms with Crippen LogP contribution in [0.5, 0.6) is 0 Å². The van der Waals surface area contributed by atoms with Gasteiger partial charge in [0.05, 0.1) is 30.1 Å². The first-order valence-corrected chi connectivity index (χ1v) is 9.55. The molecule has 3 rings (SSSR count). The number of aromatic nitrogens is 1. The number of furan rings is 1. The molecule has 0 atom stereocenters. The first-order chi connectivity index (χ1) is 13.3. The van der Waals surface area contributed by atoms with Gasteiger partial charge >= 0.3 is 0 Å². The maximum Gasteiger partial charge on any atom is 0.194 e. The third kappa shape index (κ3) is 5.61. The van der Waals surface area contributed by atoms with Crippen LogP contribution in [0.4, 0.5) is 5.69 Å². The average molecular weight is 392 g/mol. The molecule has 0 saturated carbocycles. The van der Waals surface area contributed by atoms with Crippen molar-refractivity contribution in [2.24, 2.45) is 4.99 Å². The van der Waals surface area contributed by atoms with Gasteiger partial charge in [0, 0.05) is 58.6 Å². The molecule has 0 aliphatic carbocycles. The van der Waals surface area contributed by atoms with Gasteiger partial charge in [-0.2, -0.15) is 0 Å². The van der Waals surface area contributed by atoms with Crippen molar-refractivity contribution in [1.82, 2.24) is 15.2 Å². The molecule has 2 aromatic rings. The Morgan fingerprint density at radius 3 is 2.89 bits per heavy atom. The Kier molecular flexibility index (Phi) is 7.36. The topological polar surface area (TPSA) is 66.1 Å². The van der Waals surface area contributed by atoms with Gasteiger partial charge in [-0.15, -0.1) is 0 Å². The summed E-state index contributed by atoms with van der Waals surface area (Å²) in [5.41, 5.74) is 1.04. The third-order valence-corrected chi connectivity index (χ3v) is 4.75. The molecule has 0 unspecified atom stereocenters. The summed E-state index contributed by atoms with van der Waals surface area (Å²) in [6.07, 6.45) is 5.99. The molecule has 0 aromatic carbocycles. The zero-order valence-corrected chi connectivity index (χ0v) is 16.4. The van der Waals surface area contributed by atoms with Crippen LogP contribution < -0.4 is 10.2 Å².